The molecule has 66 valence electrons. The largest absolute Gasteiger partial charge is 0.0828 e. The molecule has 0 saturated heterocycles. The first-order valence-corrected chi connectivity index (χ1v) is 4.90. The zero-order valence-electron chi connectivity index (χ0n) is 8.48. The predicted octanol–water partition coefficient (Wildman–Crippen LogP) is 4.17. The van der Waals surface area contributed by atoms with E-state index in [2.05, 4.69) is 33.8 Å². The molecule has 11 heavy (non-hydrogen) atoms. The molecule has 0 aliphatic rings. The Morgan fingerprint density at radius 3 is 1.82 bits per heavy atom. The van der Waals surface area contributed by atoms with E-state index < -0.39 is 0 Å². The average molecular weight is 154 g/mol. The zero-order chi connectivity index (χ0) is 8.69. The van der Waals surface area contributed by atoms with Crippen molar-refractivity contribution in [3.8, 4) is 0 Å². The van der Waals surface area contributed by atoms with Crippen LogP contribution in [0.1, 0.15) is 53.4 Å². The normalized spacial score (nSPS) is 10.3. The summed E-state index contributed by atoms with van der Waals surface area (Å²) < 4.78 is 0. The van der Waals surface area contributed by atoms with Gasteiger partial charge >= 0.3 is 0 Å². The van der Waals surface area contributed by atoms with Crippen LogP contribution in [0.25, 0.3) is 0 Å². The van der Waals surface area contributed by atoms with Crippen LogP contribution in [0, 0.1) is 5.92 Å². The zero-order valence-corrected chi connectivity index (χ0v) is 8.48. The minimum absolute atomic E-state index is 0.725. The van der Waals surface area contributed by atoms with Crippen LogP contribution < -0.4 is 0 Å². The number of allylic oxidation sites excluding steroid dienone is 2. The van der Waals surface area contributed by atoms with Gasteiger partial charge in [-0.15, -0.1) is 0 Å². The van der Waals surface area contributed by atoms with Gasteiger partial charge in [-0.05, 0) is 18.8 Å². The smallest absolute Gasteiger partial charge is 0.0288 e. The third kappa shape index (κ3) is 6.15. The van der Waals surface area contributed by atoms with Gasteiger partial charge in [-0.1, -0.05) is 52.2 Å². The number of hydrogen-bond acceptors (Lipinski definition) is 0. The van der Waals surface area contributed by atoms with Crippen LogP contribution in [0.15, 0.2) is 11.6 Å². The lowest BCUT2D eigenvalue weighted by Crippen LogP contribution is -1.87. The van der Waals surface area contributed by atoms with Gasteiger partial charge in [0.05, 0.1) is 0 Å². The summed E-state index contributed by atoms with van der Waals surface area (Å²) in [4.78, 5) is 0. The Morgan fingerprint density at radius 1 is 1.09 bits per heavy atom. The second kappa shape index (κ2) is 6.45. The first-order chi connectivity index (χ1) is 5.20. The van der Waals surface area contributed by atoms with E-state index in [1.807, 2.05) is 0 Å². The summed E-state index contributed by atoms with van der Waals surface area (Å²) >= 11 is 0. The quantitative estimate of drug-likeness (QED) is 0.521. The lowest BCUT2D eigenvalue weighted by molar-refractivity contribution is 0.753. The molecular weight excluding hydrogens is 132 g/mol. The molecule has 0 nitrogen and oxygen atoms in total. The molecule has 0 heterocycles. The first-order valence-electron chi connectivity index (χ1n) is 4.90. The van der Waals surface area contributed by atoms with Crippen molar-refractivity contribution in [2.45, 2.75) is 53.4 Å². The Labute approximate surface area is 71.7 Å². The monoisotopic (exact) mass is 154 g/mol. The molecule has 0 fully saturated rings. The highest BCUT2D eigenvalue weighted by Crippen LogP contribution is 2.14. The van der Waals surface area contributed by atoms with Crippen LogP contribution in [0.4, 0.5) is 0 Å². The molecule has 0 aromatic carbocycles. The number of hydrogen-bond donors (Lipinski definition) is 0. The van der Waals surface area contributed by atoms with Gasteiger partial charge in [-0.3, -0.25) is 0 Å². The molecular formula is C11H22. The number of rotatable bonds is 5. The van der Waals surface area contributed by atoms with Gasteiger partial charge in [0.15, 0.2) is 0 Å². The highest BCUT2D eigenvalue weighted by Gasteiger charge is 1.95. The van der Waals surface area contributed by atoms with Crippen molar-refractivity contribution >= 4 is 0 Å². The summed E-state index contributed by atoms with van der Waals surface area (Å²) in [7, 11) is 0. The van der Waals surface area contributed by atoms with E-state index >= 15 is 0 Å². The van der Waals surface area contributed by atoms with Crippen LogP contribution in [0.3, 0.4) is 0 Å². The van der Waals surface area contributed by atoms with E-state index in [0.29, 0.717) is 0 Å². The third-order valence-corrected chi connectivity index (χ3v) is 1.71. The highest BCUT2D eigenvalue weighted by molar-refractivity contribution is 5.02. The van der Waals surface area contributed by atoms with Gasteiger partial charge in [0.25, 0.3) is 0 Å². The van der Waals surface area contributed by atoms with E-state index in [0.717, 1.165) is 5.92 Å². The lowest BCUT2D eigenvalue weighted by Gasteiger charge is -2.05. The van der Waals surface area contributed by atoms with Crippen molar-refractivity contribution in [3.63, 3.8) is 0 Å². The summed E-state index contributed by atoms with van der Waals surface area (Å²) in [6.07, 6.45) is 7.60. The lowest BCUT2D eigenvalue weighted by atomic mass is 10.0. The van der Waals surface area contributed by atoms with Gasteiger partial charge in [-0.25, -0.2) is 0 Å². The van der Waals surface area contributed by atoms with Crippen molar-refractivity contribution in [2.75, 3.05) is 0 Å². The van der Waals surface area contributed by atoms with E-state index in [4.69, 9.17) is 0 Å². The molecule has 0 aromatic heterocycles. The van der Waals surface area contributed by atoms with Gasteiger partial charge in [0, 0.05) is 0 Å². The molecule has 0 rings (SSSR count). The Hall–Kier alpha value is -0.260. The molecule has 0 radical (unpaired) electrons. The van der Waals surface area contributed by atoms with Gasteiger partial charge < -0.3 is 0 Å². The standard InChI is InChI=1S/C11H22/c1-5-7-11(8-6-2)9-10(3)4/h9-10H,5-8H2,1-4H3. The molecule has 0 unspecified atom stereocenters. The minimum atomic E-state index is 0.725. The molecule has 0 heteroatoms. The minimum Gasteiger partial charge on any atom is -0.0828 e. The SMILES string of the molecule is CCCC(=CC(C)C)CCC. The molecule has 0 saturated carbocycles. The summed E-state index contributed by atoms with van der Waals surface area (Å²) in [5.41, 5.74) is 1.66. The maximum Gasteiger partial charge on any atom is -0.0288 e. The molecule has 0 spiro atoms. The van der Waals surface area contributed by atoms with Crippen LogP contribution in [-0.2, 0) is 0 Å². The van der Waals surface area contributed by atoms with Gasteiger partial charge in [0.2, 0.25) is 0 Å². The van der Waals surface area contributed by atoms with Crippen molar-refractivity contribution in [2.24, 2.45) is 5.92 Å². The summed E-state index contributed by atoms with van der Waals surface area (Å²) in [5, 5.41) is 0. The molecule has 0 aromatic rings. The maximum absolute atomic E-state index is 2.42. The van der Waals surface area contributed by atoms with E-state index in [9.17, 15) is 0 Å². The Balaban J connectivity index is 3.86. The average Bonchev–Trinajstić information content (AvgIpc) is 1.87. The second-order valence-corrected chi connectivity index (χ2v) is 3.57. The fraction of sp³-hybridized carbons (Fsp3) is 0.818. The van der Waals surface area contributed by atoms with Gasteiger partial charge in [0.1, 0.15) is 0 Å². The Kier molecular flexibility index (Phi) is 6.30. The molecule has 0 N–H and O–H groups in total. The summed E-state index contributed by atoms with van der Waals surface area (Å²) in [6.45, 7) is 9.02. The summed E-state index contributed by atoms with van der Waals surface area (Å²) in [6, 6.07) is 0. The Morgan fingerprint density at radius 2 is 1.55 bits per heavy atom. The molecule has 0 aliphatic carbocycles. The van der Waals surface area contributed by atoms with Crippen LogP contribution >= 0.6 is 0 Å². The van der Waals surface area contributed by atoms with Crippen LogP contribution in [-0.4, -0.2) is 0 Å². The van der Waals surface area contributed by atoms with Crippen LogP contribution in [0.2, 0.25) is 0 Å². The van der Waals surface area contributed by atoms with E-state index in [-0.39, 0.29) is 0 Å². The third-order valence-electron chi connectivity index (χ3n) is 1.71. The van der Waals surface area contributed by atoms with Crippen molar-refractivity contribution < 1.29 is 0 Å². The van der Waals surface area contributed by atoms with Crippen molar-refractivity contribution in [1.82, 2.24) is 0 Å². The molecule has 0 aliphatic heterocycles. The second-order valence-electron chi connectivity index (χ2n) is 3.57. The molecule has 0 amide bonds. The first kappa shape index (κ1) is 10.7. The van der Waals surface area contributed by atoms with Gasteiger partial charge in [-0.2, -0.15) is 0 Å². The molecule has 0 atom stereocenters. The van der Waals surface area contributed by atoms with Crippen molar-refractivity contribution in [1.29, 1.82) is 0 Å². The fourth-order valence-electron chi connectivity index (χ4n) is 1.41. The Bertz CT molecular complexity index is 101. The topological polar surface area (TPSA) is 0 Å². The van der Waals surface area contributed by atoms with E-state index in [1.54, 1.807) is 5.57 Å². The highest BCUT2D eigenvalue weighted by atomic mass is 14.0. The molecule has 0 bridgehead atoms. The fourth-order valence-corrected chi connectivity index (χ4v) is 1.41. The summed E-state index contributed by atoms with van der Waals surface area (Å²) in [5.74, 6) is 0.725. The van der Waals surface area contributed by atoms with Crippen LogP contribution in [0.5, 0.6) is 0 Å². The van der Waals surface area contributed by atoms with E-state index in [1.165, 1.54) is 25.7 Å². The maximum atomic E-state index is 2.42. The van der Waals surface area contributed by atoms with Crippen molar-refractivity contribution in [3.05, 3.63) is 11.6 Å². The predicted molar refractivity (Wildman–Crippen MR) is 52.7 cm³/mol.